The molecule has 0 radical (unpaired) electrons. The predicted octanol–water partition coefficient (Wildman–Crippen LogP) is 4.80. The van der Waals surface area contributed by atoms with E-state index < -0.39 is 0 Å². The van der Waals surface area contributed by atoms with Crippen molar-refractivity contribution in [1.29, 1.82) is 5.26 Å². The van der Waals surface area contributed by atoms with Crippen LogP contribution in [0.3, 0.4) is 0 Å². The Kier molecular flexibility index (Phi) is 5.29. The molecule has 1 atom stereocenters. The van der Waals surface area contributed by atoms with Gasteiger partial charge in [0.1, 0.15) is 0 Å². The van der Waals surface area contributed by atoms with Gasteiger partial charge in [0.25, 0.3) is 0 Å². The summed E-state index contributed by atoms with van der Waals surface area (Å²) in [7, 11) is 0. The summed E-state index contributed by atoms with van der Waals surface area (Å²) < 4.78 is 5.96. The molecule has 134 valence electrons. The molecule has 0 amide bonds. The molecule has 3 nitrogen and oxygen atoms in total. The molecule has 3 heteroatoms. The van der Waals surface area contributed by atoms with Crippen LogP contribution in [0.1, 0.15) is 22.8 Å². The zero-order valence-electron chi connectivity index (χ0n) is 15.2. The van der Waals surface area contributed by atoms with Crippen molar-refractivity contribution in [3.05, 3.63) is 95.6 Å². The van der Waals surface area contributed by atoms with Crippen molar-refractivity contribution in [2.24, 2.45) is 0 Å². The molecule has 1 saturated heterocycles. The Hall–Kier alpha value is -2.93. The van der Waals surface area contributed by atoms with Crippen LogP contribution in [0.15, 0.2) is 78.9 Å². The number of ether oxygens (including phenoxy) is 1. The van der Waals surface area contributed by atoms with Gasteiger partial charge < -0.3 is 4.74 Å². The minimum Gasteiger partial charge on any atom is -0.371 e. The predicted molar refractivity (Wildman–Crippen MR) is 107 cm³/mol. The summed E-state index contributed by atoms with van der Waals surface area (Å²) in [5.41, 5.74) is 5.30. The molecule has 0 spiro atoms. The number of morpholine rings is 1. The second-order valence-electron chi connectivity index (χ2n) is 6.86. The highest BCUT2D eigenvalue weighted by molar-refractivity contribution is 5.70. The molecule has 4 rings (SSSR count). The Morgan fingerprint density at radius 3 is 2.44 bits per heavy atom. The van der Waals surface area contributed by atoms with Gasteiger partial charge in [0, 0.05) is 19.6 Å². The molecule has 1 heterocycles. The molecule has 1 fully saturated rings. The van der Waals surface area contributed by atoms with Gasteiger partial charge in [-0.05, 0) is 28.3 Å². The molecule has 0 N–H and O–H groups in total. The fourth-order valence-electron chi connectivity index (χ4n) is 3.60. The quantitative estimate of drug-likeness (QED) is 0.675. The lowest BCUT2D eigenvalue weighted by molar-refractivity contribution is -0.0329. The van der Waals surface area contributed by atoms with E-state index in [0.717, 1.165) is 37.4 Å². The van der Waals surface area contributed by atoms with Crippen molar-refractivity contribution < 1.29 is 4.74 Å². The minimum atomic E-state index is 0.140. The van der Waals surface area contributed by atoms with Crippen LogP contribution in [0.25, 0.3) is 11.1 Å². The molecule has 0 saturated carbocycles. The third-order valence-electron chi connectivity index (χ3n) is 5.04. The molecular weight excluding hydrogens is 332 g/mol. The molecule has 1 aliphatic heterocycles. The fourth-order valence-corrected chi connectivity index (χ4v) is 3.60. The molecule has 0 aromatic heterocycles. The number of hydrogen-bond acceptors (Lipinski definition) is 3. The van der Waals surface area contributed by atoms with E-state index in [1.54, 1.807) is 0 Å². The van der Waals surface area contributed by atoms with Gasteiger partial charge in [0.2, 0.25) is 0 Å². The molecule has 1 unspecified atom stereocenters. The Morgan fingerprint density at radius 2 is 1.67 bits per heavy atom. The lowest BCUT2D eigenvalue weighted by atomic mass is 9.99. The van der Waals surface area contributed by atoms with E-state index in [1.165, 1.54) is 11.1 Å². The molecule has 0 bridgehead atoms. The van der Waals surface area contributed by atoms with Crippen LogP contribution >= 0.6 is 0 Å². The van der Waals surface area contributed by atoms with Gasteiger partial charge in [-0.3, -0.25) is 4.90 Å². The summed E-state index contributed by atoms with van der Waals surface area (Å²) in [6.07, 6.45) is 0.140. The summed E-state index contributed by atoms with van der Waals surface area (Å²) in [4.78, 5) is 2.44. The van der Waals surface area contributed by atoms with Crippen LogP contribution in [0.5, 0.6) is 0 Å². The van der Waals surface area contributed by atoms with E-state index >= 15 is 0 Å². The highest BCUT2D eigenvalue weighted by Crippen LogP contribution is 2.25. The van der Waals surface area contributed by atoms with Crippen LogP contribution in [0.4, 0.5) is 0 Å². The van der Waals surface area contributed by atoms with Gasteiger partial charge >= 0.3 is 0 Å². The first-order chi connectivity index (χ1) is 13.3. The van der Waals surface area contributed by atoms with Gasteiger partial charge in [-0.25, -0.2) is 0 Å². The third kappa shape index (κ3) is 4.09. The maximum Gasteiger partial charge on any atom is 0.0998 e. The van der Waals surface area contributed by atoms with Crippen LogP contribution in [0, 0.1) is 11.3 Å². The first kappa shape index (κ1) is 17.5. The summed E-state index contributed by atoms with van der Waals surface area (Å²) in [6, 6.07) is 29.0. The zero-order chi connectivity index (χ0) is 18.5. The second kappa shape index (κ2) is 8.18. The number of benzene rings is 3. The topological polar surface area (TPSA) is 36.3 Å². The number of nitriles is 1. The summed E-state index contributed by atoms with van der Waals surface area (Å²) in [6.45, 7) is 3.52. The maximum atomic E-state index is 9.30. The van der Waals surface area contributed by atoms with Gasteiger partial charge in [0.15, 0.2) is 0 Å². The largest absolute Gasteiger partial charge is 0.371 e. The van der Waals surface area contributed by atoms with E-state index in [0.29, 0.717) is 5.56 Å². The molecule has 27 heavy (non-hydrogen) atoms. The number of hydrogen-bond donors (Lipinski definition) is 0. The lowest BCUT2D eigenvalue weighted by Gasteiger charge is -2.33. The normalized spacial score (nSPS) is 17.4. The zero-order valence-corrected chi connectivity index (χ0v) is 15.2. The molecule has 3 aromatic carbocycles. The third-order valence-corrected chi connectivity index (χ3v) is 5.04. The van der Waals surface area contributed by atoms with Crippen LogP contribution in [0.2, 0.25) is 0 Å². The van der Waals surface area contributed by atoms with Crippen molar-refractivity contribution in [3.8, 4) is 17.2 Å². The monoisotopic (exact) mass is 354 g/mol. The van der Waals surface area contributed by atoms with Crippen LogP contribution in [-0.4, -0.2) is 24.6 Å². The average molecular weight is 354 g/mol. The number of rotatable bonds is 4. The van der Waals surface area contributed by atoms with Gasteiger partial charge in [-0.15, -0.1) is 0 Å². The average Bonchev–Trinajstić information content (AvgIpc) is 2.75. The van der Waals surface area contributed by atoms with E-state index in [9.17, 15) is 5.26 Å². The van der Waals surface area contributed by atoms with Gasteiger partial charge in [-0.2, -0.15) is 5.26 Å². The molecule has 1 aliphatic rings. The summed E-state index contributed by atoms with van der Waals surface area (Å²) in [5, 5.41) is 9.30. The Balaban J connectivity index is 1.45. The standard InChI is InChI=1S/C24H22N2O/c25-16-22-8-4-5-9-23(22)20-12-10-19(11-13-20)17-26-14-15-27-24(18-26)21-6-2-1-3-7-21/h1-13,24H,14-15,17-18H2. The highest BCUT2D eigenvalue weighted by Gasteiger charge is 2.21. The Morgan fingerprint density at radius 1 is 0.926 bits per heavy atom. The first-order valence-corrected chi connectivity index (χ1v) is 9.31. The molecular formula is C24H22N2O. The lowest BCUT2D eigenvalue weighted by Crippen LogP contribution is -2.37. The number of nitrogens with zero attached hydrogens (tertiary/aromatic N) is 2. The highest BCUT2D eigenvalue weighted by atomic mass is 16.5. The van der Waals surface area contributed by atoms with Crippen molar-refractivity contribution >= 4 is 0 Å². The van der Waals surface area contributed by atoms with E-state index in [-0.39, 0.29) is 6.10 Å². The molecule has 3 aromatic rings. The van der Waals surface area contributed by atoms with E-state index in [4.69, 9.17) is 4.74 Å². The van der Waals surface area contributed by atoms with Crippen LogP contribution in [-0.2, 0) is 11.3 Å². The fraction of sp³-hybridized carbons (Fsp3) is 0.208. The van der Waals surface area contributed by atoms with E-state index in [2.05, 4.69) is 59.5 Å². The van der Waals surface area contributed by atoms with E-state index in [1.807, 2.05) is 30.3 Å². The smallest absolute Gasteiger partial charge is 0.0998 e. The van der Waals surface area contributed by atoms with Crippen molar-refractivity contribution in [3.63, 3.8) is 0 Å². The SMILES string of the molecule is N#Cc1ccccc1-c1ccc(CN2CCOC(c3ccccc3)C2)cc1. The van der Waals surface area contributed by atoms with Crippen molar-refractivity contribution in [1.82, 2.24) is 4.90 Å². The second-order valence-corrected chi connectivity index (χ2v) is 6.86. The Bertz CT molecular complexity index is 929. The summed E-state index contributed by atoms with van der Waals surface area (Å²) >= 11 is 0. The molecule has 0 aliphatic carbocycles. The Labute approximate surface area is 160 Å². The minimum absolute atomic E-state index is 0.140. The first-order valence-electron chi connectivity index (χ1n) is 9.31. The maximum absolute atomic E-state index is 9.30. The van der Waals surface area contributed by atoms with Crippen LogP contribution < -0.4 is 0 Å². The van der Waals surface area contributed by atoms with Crippen molar-refractivity contribution in [2.75, 3.05) is 19.7 Å². The van der Waals surface area contributed by atoms with Gasteiger partial charge in [0.05, 0.1) is 24.3 Å². The van der Waals surface area contributed by atoms with Crippen molar-refractivity contribution in [2.45, 2.75) is 12.6 Å². The summed E-state index contributed by atoms with van der Waals surface area (Å²) in [5.74, 6) is 0. The van der Waals surface area contributed by atoms with Gasteiger partial charge in [-0.1, -0.05) is 72.8 Å².